The smallest absolute Gasteiger partial charge is 0.336 e. The van der Waals surface area contributed by atoms with Crippen LogP contribution in [-0.4, -0.2) is 29.2 Å². The van der Waals surface area contributed by atoms with Gasteiger partial charge in [-0.25, -0.2) is 4.79 Å². The number of hydrogen-bond acceptors (Lipinski definition) is 3. The molecule has 2 aromatic rings. The number of aromatic carboxylic acids is 1. The number of benzene rings is 2. The van der Waals surface area contributed by atoms with Gasteiger partial charge in [0.2, 0.25) is 0 Å². The van der Waals surface area contributed by atoms with Crippen molar-refractivity contribution in [3.63, 3.8) is 0 Å². The summed E-state index contributed by atoms with van der Waals surface area (Å²) in [5.41, 5.74) is 2.39. The van der Waals surface area contributed by atoms with Gasteiger partial charge in [-0.2, -0.15) is 0 Å². The average Bonchev–Trinajstić information content (AvgIpc) is 2.47. The summed E-state index contributed by atoms with van der Waals surface area (Å²) < 4.78 is 0. The molecule has 0 aliphatic heterocycles. The molecule has 2 N–H and O–H groups in total. The molecule has 0 heterocycles. The van der Waals surface area contributed by atoms with Gasteiger partial charge in [0, 0.05) is 24.3 Å². The van der Waals surface area contributed by atoms with Crippen LogP contribution in [0.4, 0.5) is 5.69 Å². The lowest BCUT2D eigenvalue weighted by molar-refractivity contribution is -0.136. The third-order valence-electron chi connectivity index (χ3n) is 3.44. The molecule has 0 radical (unpaired) electrons. The minimum absolute atomic E-state index is 0.0263. The molecule has 6 heteroatoms. The Hall–Kier alpha value is -2.53. The van der Waals surface area contributed by atoms with Gasteiger partial charge in [-0.15, -0.1) is 0 Å². The number of aliphatic carboxylic acids is 1. The second-order valence-electron chi connectivity index (χ2n) is 5.20. The largest absolute Gasteiger partial charge is 0.481 e. The Balaban J connectivity index is 2.18. The first-order valence-corrected chi connectivity index (χ1v) is 7.28. The molecule has 2 rings (SSSR count). The number of rotatable bonds is 6. The molecule has 0 bridgehead atoms. The van der Waals surface area contributed by atoms with Crippen LogP contribution in [0.5, 0.6) is 0 Å². The van der Waals surface area contributed by atoms with Crippen molar-refractivity contribution < 1.29 is 19.8 Å². The highest BCUT2D eigenvalue weighted by atomic mass is 35.5. The maximum absolute atomic E-state index is 11.3. The molecular weight excluding hydrogens is 318 g/mol. The third kappa shape index (κ3) is 4.47. The summed E-state index contributed by atoms with van der Waals surface area (Å²) in [7, 11) is 1.83. The van der Waals surface area contributed by atoms with Gasteiger partial charge < -0.3 is 15.1 Å². The summed E-state index contributed by atoms with van der Waals surface area (Å²) in [6, 6.07) is 11.8. The van der Waals surface area contributed by atoms with Crippen molar-refractivity contribution >= 4 is 29.2 Å². The Morgan fingerprint density at radius 3 is 2.30 bits per heavy atom. The Morgan fingerprint density at radius 2 is 1.74 bits per heavy atom. The quantitative estimate of drug-likeness (QED) is 0.848. The third-order valence-corrected chi connectivity index (χ3v) is 3.67. The first kappa shape index (κ1) is 16.8. The highest BCUT2D eigenvalue weighted by Gasteiger charge is 2.13. The lowest BCUT2D eigenvalue weighted by Gasteiger charge is -2.21. The molecule has 0 fully saturated rings. The standard InChI is InChI=1S/C17H16ClNO4/c1-19(14-5-2-11(3-6-14)8-16(20)21)10-12-9-13(18)4-7-15(12)17(22)23/h2-7,9H,8,10H2,1H3,(H,20,21)(H,22,23). The number of halogens is 1. The van der Waals surface area contributed by atoms with E-state index < -0.39 is 11.9 Å². The summed E-state index contributed by atoms with van der Waals surface area (Å²) >= 11 is 5.95. The molecule has 2 aromatic carbocycles. The van der Waals surface area contributed by atoms with Crippen LogP contribution in [0.2, 0.25) is 5.02 Å². The fraction of sp³-hybridized carbons (Fsp3) is 0.176. The predicted octanol–water partition coefficient (Wildman–Crippen LogP) is 3.30. The van der Waals surface area contributed by atoms with Crippen molar-refractivity contribution in [3.05, 3.63) is 64.2 Å². The van der Waals surface area contributed by atoms with Crippen LogP contribution in [0.3, 0.4) is 0 Å². The number of carboxylic acid groups (broad SMARTS) is 2. The van der Waals surface area contributed by atoms with Crippen molar-refractivity contribution in [2.24, 2.45) is 0 Å². The van der Waals surface area contributed by atoms with E-state index in [-0.39, 0.29) is 12.0 Å². The second kappa shape index (κ2) is 7.15. The maximum atomic E-state index is 11.3. The Bertz CT molecular complexity index is 728. The van der Waals surface area contributed by atoms with Gasteiger partial charge in [0.1, 0.15) is 0 Å². The van der Waals surface area contributed by atoms with E-state index in [2.05, 4.69) is 0 Å². The predicted molar refractivity (Wildman–Crippen MR) is 88.3 cm³/mol. The summed E-state index contributed by atoms with van der Waals surface area (Å²) in [4.78, 5) is 23.8. The van der Waals surface area contributed by atoms with Crippen molar-refractivity contribution in [1.29, 1.82) is 0 Å². The lowest BCUT2D eigenvalue weighted by Crippen LogP contribution is -2.18. The molecule has 23 heavy (non-hydrogen) atoms. The van der Waals surface area contributed by atoms with Gasteiger partial charge in [0.05, 0.1) is 12.0 Å². The molecule has 0 saturated carbocycles. The number of hydrogen-bond donors (Lipinski definition) is 2. The summed E-state index contributed by atoms with van der Waals surface area (Å²) in [6.45, 7) is 0.375. The van der Waals surface area contributed by atoms with E-state index in [1.165, 1.54) is 6.07 Å². The van der Waals surface area contributed by atoms with E-state index >= 15 is 0 Å². The van der Waals surface area contributed by atoms with Crippen LogP contribution in [0, 0.1) is 0 Å². The van der Waals surface area contributed by atoms with Gasteiger partial charge in [0.15, 0.2) is 0 Å². The molecule has 5 nitrogen and oxygen atoms in total. The number of carbonyl (C=O) groups is 2. The average molecular weight is 334 g/mol. The molecule has 0 unspecified atom stereocenters. The van der Waals surface area contributed by atoms with E-state index in [1.807, 2.05) is 24.1 Å². The van der Waals surface area contributed by atoms with Crippen molar-refractivity contribution in [1.82, 2.24) is 0 Å². The molecule has 120 valence electrons. The second-order valence-corrected chi connectivity index (χ2v) is 5.64. The zero-order valence-electron chi connectivity index (χ0n) is 12.5. The Labute approximate surface area is 138 Å². The number of carboxylic acids is 2. The molecule has 0 atom stereocenters. The molecule has 0 amide bonds. The van der Waals surface area contributed by atoms with E-state index in [9.17, 15) is 14.7 Å². The minimum Gasteiger partial charge on any atom is -0.481 e. The van der Waals surface area contributed by atoms with E-state index in [0.717, 1.165) is 5.69 Å². The van der Waals surface area contributed by atoms with E-state index in [4.69, 9.17) is 16.7 Å². The minimum atomic E-state index is -0.998. The van der Waals surface area contributed by atoms with E-state index in [0.29, 0.717) is 22.7 Å². The first-order valence-electron chi connectivity index (χ1n) is 6.90. The zero-order valence-corrected chi connectivity index (χ0v) is 13.2. The SMILES string of the molecule is CN(Cc1cc(Cl)ccc1C(=O)O)c1ccc(CC(=O)O)cc1. The van der Waals surface area contributed by atoms with Crippen LogP contribution in [0.15, 0.2) is 42.5 Å². The van der Waals surface area contributed by atoms with Crippen molar-refractivity contribution in [2.75, 3.05) is 11.9 Å². The Kier molecular flexibility index (Phi) is 5.24. The Morgan fingerprint density at radius 1 is 1.09 bits per heavy atom. The van der Waals surface area contributed by atoms with Crippen molar-refractivity contribution in [2.45, 2.75) is 13.0 Å². The normalized spacial score (nSPS) is 10.3. The molecule has 0 aliphatic rings. The summed E-state index contributed by atoms with van der Waals surface area (Å²) in [6.07, 6.45) is -0.0263. The van der Waals surface area contributed by atoms with Crippen LogP contribution in [0.25, 0.3) is 0 Å². The van der Waals surface area contributed by atoms with Crippen molar-refractivity contribution in [3.8, 4) is 0 Å². The lowest BCUT2D eigenvalue weighted by atomic mass is 10.1. The van der Waals surface area contributed by atoms with Crippen LogP contribution in [-0.2, 0) is 17.8 Å². The van der Waals surface area contributed by atoms with Gasteiger partial charge in [0.25, 0.3) is 0 Å². The zero-order chi connectivity index (χ0) is 17.0. The highest BCUT2D eigenvalue weighted by molar-refractivity contribution is 6.30. The molecule has 0 spiro atoms. The fourth-order valence-electron chi connectivity index (χ4n) is 2.29. The van der Waals surface area contributed by atoms with Gasteiger partial charge in [-0.3, -0.25) is 4.79 Å². The van der Waals surface area contributed by atoms with Gasteiger partial charge in [-0.1, -0.05) is 23.7 Å². The first-order chi connectivity index (χ1) is 10.9. The highest BCUT2D eigenvalue weighted by Crippen LogP contribution is 2.21. The van der Waals surface area contributed by atoms with Gasteiger partial charge >= 0.3 is 11.9 Å². The number of nitrogens with zero attached hydrogens (tertiary/aromatic N) is 1. The van der Waals surface area contributed by atoms with Crippen LogP contribution in [0.1, 0.15) is 21.5 Å². The molecular formula is C17H16ClNO4. The number of anilines is 1. The van der Waals surface area contributed by atoms with E-state index in [1.54, 1.807) is 24.3 Å². The summed E-state index contributed by atoms with van der Waals surface area (Å²) in [5.74, 6) is -1.88. The summed E-state index contributed by atoms with van der Waals surface area (Å²) in [5, 5.41) is 18.5. The fourth-order valence-corrected chi connectivity index (χ4v) is 2.49. The topological polar surface area (TPSA) is 77.8 Å². The van der Waals surface area contributed by atoms with Gasteiger partial charge in [-0.05, 0) is 41.5 Å². The monoisotopic (exact) mass is 333 g/mol. The van der Waals surface area contributed by atoms with Crippen LogP contribution < -0.4 is 4.90 Å². The maximum Gasteiger partial charge on any atom is 0.336 e. The molecule has 0 aliphatic carbocycles. The molecule has 0 aromatic heterocycles. The van der Waals surface area contributed by atoms with Crippen LogP contribution >= 0.6 is 11.6 Å². The molecule has 0 saturated heterocycles.